The Bertz CT molecular complexity index is 1320. The number of halogens is 3. The maximum absolute atomic E-state index is 13.8. The van der Waals surface area contributed by atoms with Crippen molar-refractivity contribution in [3.8, 4) is 17.1 Å². The lowest BCUT2D eigenvalue weighted by molar-refractivity contribution is -0.137. The largest absolute Gasteiger partial charge is 0.497 e. The predicted molar refractivity (Wildman–Crippen MR) is 112 cm³/mol. The summed E-state index contributed by atoms with van der Waals surface area (Å²) in [5.74, 6) is -0.532. The number of hydrogen-bond acceptors (Lipinski definition) is 6. The molecule has 2 aromatic carbocycles. The van der Waals surface area contributed by atoms with Gasteiger partial charge in [-0.1, -0.05) is 19.1 Å². The molecule has 0 bridgehead atoms. The molecule has 0 saturated heterocycles. The molecule has 11 heteroatoms. The molecule has 2 aromatic heterocycles. The van der Waals surface area contributed by atoms with E-state index in [4.69, 9.17) is 10.5 Å². The number of para-hydroxylation sites is 1. The molecule has 4 aromatic rings. The number of nitrogens with two attached hydrogens (primary N) is 1. The van der Waals surface area contributed by atoms with Gasteiger partial charge in [0.05, 0.1) is 18.2 Å². The second-order valence-corrected chi connectivity index (χ2v) is 7.04. The summed E-state index contributed by atoms with van der Waals surface area (Å²) in [4.78, 5) is 20.6. The lowest BCUT2D eigenvalue weighted by Gasteiger charge is -2.15. The van der Waals surface area contributed by atoms with E-state index in [2.05, 4.69) is 20.4 Å². The fourth-order valence-electron chi connectivity index (χ4n) is 3.37. The Morgan fingerprint density at radius 3 is 2.62 bits per heavy atom. The highest BCUT2D eigenvalue weighted by atomic mass is 19.4. The number of alkyl halides is 3. The minimum Gasteiger partial charge on any atom is -0.497 e. The molecule has 4 rings (SSSR count). The first-order valence-electron chi connectivity index (χ1n) is 9.70. The van der Waals surface area contributed by atoms with Crippen molar-refractivity contribution >= 4 is 28.4 Å². The van der Waals surface area contributed by atoms with E-state index in [0.717, 1.165) is 6.07 Å². The number of nitrogens with zero attached hydrogens (tertiary/aromatic N) is 4. The molecule has 3 N–H and O–H groups in total. The summed E-state index contributed by atoms with van der Waals surface area (Å²) in [7, 11) is 1.29. The first-order valence-corrected chi connectivity index (χ1v) is 9.70. The number of nitrogens with one attached hydrogen (secondary N) is 1. The summed E-state index contributed by atoms with van der Waals surface area (Å²) >= 11 is 0. The Morgan fingerprint density at radius 1 is 1.22 bits per heavy atom. The number of amides is 1. The highest BCUT2D eigenvalue weighted by Gasteiger charge is 2.35. The number of methoxy groups -OCH3 is 1. The maximum atomic E-state index is 13.8. The van der Waals surface area contributed by atoms with Gasteiger partial charge in [0, 0.05) is 10.9 Å². The highest BCUT2D eigenvalue weighted by Crippen LogP contribution is 2.38. The summed E-state index contributed by atoms with van der Waals surface area (Å²) in [6.45, 7) is 1.76. The van der Waals surface area contributed by atoms with Gasteiger partial charge in [0.2, 0.25) is 11.9 Å². The predicted octanol–water partition coefficient (Wildman–Crippen LogP) is 3.65. The van der Waals surface area contributed by atoms with Gasteiger partial charge in [0.1, 0.15) is 11.8 Å². The van der Waals surface area contributed by atoms with Crippen molar-refractivity contribution in [3.05, 3.63) is 48.0 Å². The van der Waals surface area contributed by atoms with Crippen LogP contribution in [0.2, 0.25) is 0 Å². The average molecular weight is 444 g/mol. The standard InChI is InChI=1S/C21H19F3N6O2/c1-3-15(17(25)31)26-20-27-16-7-5-4-6-13(16)19-28-18(29-30(19)20)12-9-8-11(32-2)10-14(12)21(22,23)24/h4-10,15H,3H2,1-2H3,(H2,25,31)(H,26,27). The number of anilines is 1. The van der Waals surface area contributed by atoms with E-state index in [1.165, 1.54) is 23.8 Å². The summed E-state index contributed by atoms with van der Waals surface area (Å²) in [6.07, 6.45) is -4.27. The lowest BCUT2D eigenvalue weighted by Crippen LogP contribution is -2.35. The first kappa shape index (κ1) is 21.3. The normalized spacial score (nSPS) is 12.8. The van der Waals surface area contributed by atoms with Crippen LogP contribution in [0.25, 0.3) is 27.9 Å². The molecule has 0 spiro atoms. The average Bonchev–Trinajstić information content (AvgIpc) is 3.22. The molecule has 32 heavy (non-hydrogen) atoms. The summed E-state index contributed by atoms with van der Waals surface area (Å²) in [6, 6.07) is 9.83. The van der Waals surface area contributed by atoms with Gasteiger partial charge in [-0.15, -0.1) is 5.10 Å². The molecule has 8 nitrogen and oxygen atoms in total. The van der Waals surface area contributed by atoms with Crippen LogP contribution in [0.15, 0.2) is 42.5 Å². The quantitative estimate of drug-likeness (QED) is 0.470. The molecule has 0 aliphatic carbocycles. The van der Waals surface area contributed by atoms with Gasteiger partial charge < -0.3 is 15.8 Å². The van der Waals surface area contributed by atoms with Crippen molar-refractivity contribution in [1.82, 2.24) is 19.6 Å². The van der Waals surface area contributed by atoms with E-state index < -0.39 is 23.7 Å². The van der Waals surface area contributed by atoms with Crippen molar-refractivity contribution in [1.29, 1.82) is 0 Å². The zero-order chi connectivity index (χ0) is 23.0. The molecular formula is C21H19F3N6O2. The van der Waals surface area contributed by atoms with E-state index in [1.54, 1.807) is 31.2 Å². The van der Waals surface area contributed by atoms with E-state index >= 15 is 0 Å². The van der Waals surface area contributed by atoms with E-state index in [1.807, 2.05) is 0 Å². The summed E-state index contributed by atoms with van der Waals surface area (Å²) < 4.78 is 47.5. The number of rotatable bonds is 6. The van der Waals surface area contributed by atoms with Crippen molar-refractivity contribution < 1.29 is 22.7 Å². The van der Waals surface area contributed by atoms with Crippen LogP contribution in [0.1, 0.15) is 18.9 Å². The number of ether oxygens (including phenoxy) is 1. The number of carbonyl (C=O) groups is 1. The number of fused-ring (bicyclic) bond motifs is 3. The summed E-state index contributed by atoms with van der Waals surface area (Å²) in [5, 5.41) is 7.81. The van der Waals surface area contributed by atoms with E-state index in [0.29, 0.717) is 17.3 Å². The van der Waals surface area contributed by atoms with Gasteiger partial charge in [-0.2, -0.15) is 17.7 Å². The molecule has 0 aliphatic heterocycles. The topological polar surface area (TPSA) is 107 Å². The second kappa shape index (κ2) is 7.98. The SMILES string of the molecule is CCC(Nc1nc2ccccc2c2nc(-c3ccc(OC)cc3C(F)(F)F)nn12)C(N)=O. The van der Waals surface area contributed by atoms with Gasteiger partial charge in [0.15, 0.2) is 11.5 Å². The molecule has 1 atom stereocenters. The monoisotopic (exact) mass is 444 g/mol. The molecule has 166 valence electrons. The molecule has 0 radical (unpaired) electrons. The number of benzene rings is 2. The van der Waals surface area contributed by atoms with Crippen LogP contribution in [0.5, 0.6) is 5.75 Å². The van der Waals surface area contributed by atoms with Crippen molar-refractivity contribution in [2.45, 2.75) is 25.6 Å². The van der Waals surface area contributed by atoms with E-state index in [-0.39, 0.29) is 28.7 Å². The minimum absolute atomic E-state index is 0.0616. The third kappa shape index (κ3) is 3.77. The van der Waals surface area contributed by atoms with Gasteiger partial charge in [-0.25, -0.2) is 9.97 Å². The molecule has 1 unspecified atom stereocenters. The fraction of sp³-hybridized carbons (Fsp3) is 0.238. The van der Waals surface area contributed by atoms with Crippen LogP contribution in [-0.2, 0) is 11.0 Å². The fourth-order valence-corrected chi connectivity index (χ4v) is 3.37. The second-order valence-electron chi connectivity index (χ2n) is 7.04. The molecule has 0 aliphatic rings. The van der Waals surface area contributed by atoms with Crippen LogP contribution >= 0.6 is 0 Å². The Balaban J connectivity index is 1.97. The van der Waals surface area contributed by atoms with Crippen LogP contribution < -0.4 is 15.8 Å². The molecular weight excluding hydrogens is 425 g/mol. The number of carbonyl (C=O) groups excluding carboxylic acids is 1. The van der Waals surface area contributed by atoms with E-state index in [9.17, 15) is 18.0 Å². The maximum Gasteiger partial charge on any atom is 0.417 e. The van der Waals surface area contributed by atoms with Gasteiger partial charge in [-0.3, -0.25) is 4.79 Å². The molecule has 2 heterocycles. The highest BCUT2D eigenvalue weighted by molar-refractivity contribution is 5.93. The first-order chi connectivity index (χ1) is 15.2. The number of aromatic nitrogens is 4. The van der Waals surface area contributed by atoms with Crippen molar-refractivity contribution in [3.63, 3.8) is 0 Å². The van der Waals surface area contributed by atoms with Crippen LogP contribution in [0.4, 0.5) is 19.1 Å². The zero-order valence-electron chi connectivity index (χ0n) is 17.1. The van der Waals surface area contributed by atoms with Crippen LogP contribution in [-0.4, -0.2) is 38.6 Å². The Labute approximate surface area is 180 Å². The third-order valence-electron chi connectivity index (χ3n) is 5.01. The number of hydrogen-bond donors (Lipinski definition) is 2. The molecule has 0 fully saturated rings. The lowest BCUT2D eigenvalue weighted by atomic mass is 10.1. The Kier molecular flexibility index (Phi) is 5.33. The molecule has 0 saturated carbocycles. The Morgan fingerprint density at radius 2 is 1.97 bits per heavy atom. The minimum atomic E-state index is -4.65. The third-order valence-corrected chi connectivity index (χ3v) is 5.01. The van der Waals surface area contributed by atoms with Gasteiger partial charge in [0.25, 0.3) is 0 Å². The van der Waals surface area contributed by atoms with Gasteiger partial charge >= 0.3 is 6.18 Å². The zero-order valence-corrected chi connectivity index (χ0v) is 17.1. The smallest absolute Gasteiger partial charge is 0.417 e. The van der Waals surface area contributed by atoms with Crippen LogP contribution in [0.3, 0.4) is 0 Å². The Hall–Kier alpha value is -3.89. The van der Waals surface area contributed by atoms with Crippen molar-refractivity contribution in [2.24, 2.45) is 5.73 Å². The summed E-state index contributed by atoms with van der Waals surface area (Å²) in [5.41, 5.74) is 5.12. The van der Waals surface area contributed by atoms with Crippen molar-refractivity contribution in [2.75, 3.05) is 12.4 Å². The number of primary amides is 1. The molecule has 1 amide bonds. The van der Waals surface area contributed by atoms with Gasteiger partial charge in [-0.05, 0) is 36.8 Å². The van der Waals surface area contributed by atoms with Crippen LogP contribution in [0, 0.1) is 0 Å².